The zero-order valence-electron chi connectivity index (χ0n) is 11.0. The summed E-state index contributed by atoms with van der Waals surface area (Å²) >= 11 is 0. The van der Waals surface area contributed by atoms with Crippen LogP contribution in [0.2, 0.25) is 0 Å². The van der Waals surface area contributed by atoms with E-state index in [9.17, 15) is 0 Å². The Morgan fingerprint density at radius 2 is 1.50 bits per heavy atom. The third-order valence-corrected chi connectivity index (χ3v) is 3.01. The summed E-state index contributed by atoms with van der Waals surface area (Å²) in [5.74, 6) is 0.922. The van der Waals surface area contributed by atoms with Crippen molar-refractivity contribution >= 4 is 10.9 Å². The molecule has 2 heterocycles. The van der Waals surface area contributed by atoms with Gasteiger partial charge in [-0.3, -0.25) is 0 Å². The Morgan fingerprint density at radius 3 is 2.25 bits per heavy atom. The lowest BCUT2D eigenvalue weighted by Gasteiger charge is -1.92. The van der Waals surface area contributed by atoms with Crippen molar-refractivity contribution < 1.29 is 0 Å². The van der Waals surface area contributed by atoms with Crippen LogP contribution >= 0.6 is 0 Å². The van der Waals surface area contributed by atoms with E-state index in [1.54, 1.807) is 6.20 Å². The zero-order chi connectivity index (χ0) is 13.6. The average molecular weight is 261 g/mol. The van der Waals surface area contributed by atoms with E-state index in [0.717, 1.165) is 11.4 Å². The summed E-state index contributed by atoms with van der Waals surface area (Å²) in [6, 6.07) is 20.3. The SMILES string of the molecule is c1ccc(-c2ncc[nH]2)cc1.c1ccc2[nH]ccc2c1. The molecule has 3 nitrogen and oxygen atoms in total. The third-order valence-electron chi connectivity index (χ3n) is 3.01. The summed E-state index contributed by atoms with van der Waals surface area (Å²) in [6.45, 7) is 0. The van der Waals surface area contributed by atoms with E-state index in [4.69, 9.17) is 0 Å². The Morgan fingerprint density at radius 1 is 0.700 bits per heavy atom. The molecule has 0 saturated carbocycles. The number of benzene rings is 2. The van der Waals surface area contributed by atoms with Crippen LogP contribution in [0.25, 0.3) is 22.3 Å². The molecule has 4 aromatic rings. The van der Waals surface area contributed by atoms with Crippen LogP contribution in [0, 0.1) is 0 Å². The summed E-state index contributed by atoms with van der Waals surface area (Å²) in [5.41, 5.74) is 2.33. The number of aromatic amines is 2. The van der Waals surface area contributed by atoms with Crippen molar-refractivity contribution in [3.63, 3.8) is 0 Å². The Labute approximate surface area is 117 Å². The maximum atomic E-state index is 4.13. The van der Waals surface area contributed by atoms with Crippen LogP contribution in [0.4, 0.5) is 0 Å². The molecule has 0 unspecified atom stereocenters. The van der Waals surface area contributed by atoms with Gasteiger partial charge in [-0.15, -0.1) is 0 Å². The number of nitrogens with one attached hydrogen (secondary N) is 2. The Bertz CT molecular complexity index is 725. The third kappa shape index (κ3) is 2.78. The van der Waals surface area contributed by atoms with Gasteiger partial charge in [0.25, 0.3) is 0 Å². The van der Waals surface area contributed by atoms with Gasteiger partial charge in [0.1, 0.15) is 5.82 Å². The second kappa shape index (κ2) is 5.89. The molecule has 0 bridgehead atoms. The molecule has 4 rings (SSSR count). The molecule has 0 radical (unpaired) electrons. The lowest BCUT2D eigenvalue weighted by molar-refractivity contribution is 1.31. The molecule has 0 aliphatic carbocycles. The Balaban J connectivity index is 0.000000123. The van der Waals surface area contributed by atoms with E-state index < -0.39 is 0 Å². The number of rotatable bonds is 1. The van der Waals surface area contributed by atoms with Gasteiger partial charge in [0.2, 0.25) is 0 Å². The number of H-pyrrole nitrogens is 2. The van der Waals surface area contributed by atoms with Gasteiger partial charge in [-0.05, 0) is 17.5 Å². The fourth-order valence-corrected chi connectivity index (χ4v) is 2.01. The molecular formula is C17H15N3. The van der Waals surface area contributed by atoms with Gasteiger partial charge >= 0.3 is 0 Å². The van der Waals surface area contributed by atoms with Crippen molar-refractivity contribution in [1.82, 2.24) is 15.0 Å². The number of hydrogen-bond donors (Lipinski definition) is 2. The maximum Gasteiger partial charge on any atom is 0.137 e. The van der Waals surface area contributed by atoms with Crippen LogP contribution in [0.5, 0.6) is 0 Å². The van der Waals surface area contributed by atoms with E-state index in [1.807, 2.05) is 54.9 Å². The summed E-state index contributed by atoms with van der Waals surface area (Å²) < 4.78 is 0. The minimum absolute atomic E-state index is 0.922. The van der Waals surface area contributed by atoms with E-state index in [2.05, 4.69) is 33.2 Å². The number of imidazole rings is 1. The summed E-state index contributed by atoms with van der Waals surface area (Å²) in [7, 11) is 0. The van der Waals surface area contributed by atoms with E-state index in [1.165, 1.54) is 10.9 Å². The Kier molecular flexibility index (Phi) is 3.60. The molecule has 0 saturated heterocycles. The monoisotopic (exact) mass is 261 g/mol. The molecule has 2 aromatic carbocycles. The van der Waals surface area contributed by atoms with Crippen molar-refractivity contribution in [3.8, 4) is 11.4 Å². The lowest BCUT2D eigenvalue weighted by atomic mass is 10.2. The molecule has 0 atom stereocenters. The van der Waals surface area contributed by atoms with Crippen molar-refractivity contribution in [1.29, 1.82) is 0 Å². The van der Waals surface area contributed by atoms with Crippen molar-refractivity contribution in [2.24, 2.45) is 0 Å². The van der Waals surface area contributed by atoms with Crippen LogP contribution < -0.4 is 0 Å². The van der Waals surface area contributed by atoms with Gasteiger partial charge in [0, 0.05) is 29.7 Å². The standard InChI is InChI=1S/C9H8N2.C8H7N/c1-2-4-8(5-3-1)9-10-6-7-11-9;1-2-4-8-7(3-1)5-6-9-8/h1-7H,(H,10,11);1-6,9H. The highest BCUT2D eigenvalue weighted by Crippen LogP contribution is 2.12. The van der Waals surface area contributed by atoms with Crippen LogP contribution in [-0.2, 0) is 0 Å². The zero-order valence-corrected chi connectivity index (χ0v) is 11.0. The molecule has 98 valence electrons. The fraction of sp³-hybridized carbons (Fsp3) is 0. The minimum Gasteiger partial charge on any atom is -0.361 e. The number of para-hydroxylation sites is 1. The largest absolute Gasteiger partial charge is 0.361 e. The molecule has 0 amide bonds. The molecular weight excluding hydrogens is 246 g/mol. The first kappa shape index (κ1) is 12.2. The van der Waals surface area contributed by atoms with E-state index >= 15 is 0 Å². The first-order valence-corrected chi connectivity index (χ1v) is 6.50. The first-order valence-electron chi connectivity index (χ1n) is 6.50. The van der Waals surface area contributed by atoms with Gasteiger partial charge in [-0.1, -0.05) is 48.5 Å². The van der Waals surface area contributed by atoms with Crippen molar-refractivity contribution in [2.75, 3.05) is 0 Å². The van der Waals surface area contributed by atoms with Crippen molar-refractivity contribution in [3.05, 3.63) is 79.3 Å². The van der Waals surface area contributed by atoms with Gasteiger partial charge in [0.15, 0.2) is 0 Å². The number of nitrogens with zero attached hydrogens (tertiary/aromatic N) is 1. The quantitative estimate of drug-likeness (QED) is 0.528. The predicted octanol–water partition coefficient (Wildman–Crippen LogP) is 4.24. The molecule has 0 aliphatic heterocycles. The second-order valence-electron chi connectivity index (χ2n) is 4.37. The predicted molar refractivity (Wildman–Crippen MR) is 82.3 cm³/mol. The molecule has 2 aromatic heterocycles. The minimum atomic E-state index is 0.922. The highest BCUT2D eigenvalue weighted by atomic mass is 14.9. The van der Waals surface area contributed by atoms with E-state index in [0.29, 0.717) is 0 Å². The molecule has 20 heavy (non-hydrogen) atoms. The first-order chi connectivity index (χ1) is 9.93. The molecule has 0 spiro atoms. The maximum absolute atomic E-state index is 4.13. The fourth-order valence-electron chi connectivity index (χ4n) is 2.01. The molecule has 0 fully saturated rings. The molecule has 3 heteroatoms. The van der Waals surface area contributed by atoms with Crippen molar-refractivity contribution in [2.45, 2.75) is 0 Å². The van der Waals surface area contributed by atoms with Crippen LogP contribution in [-0.4, -0.2) is 15.0 Å². The summed E-state index contributed by atoms with van der Waals surface area (Å²) in [6.07, 6.45) is 5.52. The summed E-state index contributed by atoms with van der Waals surface area (Å²) in [4.78, 5) is 10.3. The van der Waals surface area contributed by atoms with Gasteiger partial charge < -0.3 is 9.97 Å². The highest BCUT2D eigenvalue weighted by molar-refractivity contribution is 5.78. The number of hydrogen-bond acceptors (Lipinski definition) is 1. The average Bonchev–Trinajstić information content (AvgIpc) is 3.20. The summed E-state index contributed by atoms with van der Waals surface area (Å²) in [5, 5.41) is 1.28. The van der Waals surface area contributed by atoms with Crippen LogP contribution in [0.15, 0.2) is 79.3 Å². The number of aromatic nitrogens is 3. The Hall–Kier alpha value is -2.81. The van der Waals surface area contributed by atoms with Crippen LogP contribution in [0.1, 0.15) is 0 Å². The van der Waals surface area contributed by atoms with Gasteiger partial charge in [0.05, 0.1) is 0 Å². The normalized spacial score (nSPS) is 10.0. The molecule has 0 aliphatic rings. The lowest BCUT2D eigenvalue weighted by Crippen LogP contribution is -1.77. The van der Waals surface area contributed by atoms with Gasteiger partial charge in [-0.25, -0.2) is 4.98 Å². The van der Waals surface area contributed by atoms with E-state index in [-0.39, 0.29) is 0 Å². The smallest absolute Gasteiger partial charge is 0.137 e. The second-order valence-corrected chi connectivity index (χ2v) is 4.37. The van der Waals surface area contributed by atoms with Gasteiger partial charge in [-0.2, -0.15) is 0 Å². The highest BCUT2D eigenvalue weighted by Gasteiger charge is 1.94. The topological polar surface area (TPSA) is 44.5 Å². The van der Waals surface area contributed by atoms with Crippen LogP contribution in [0.3, 0.4) is 0 Å². The molecule has 2 N–H and O–H groups in total. The number of fused-ring (bicyclic) bond motifs is 1.